The Kier molecular flexibility index (Phi) is 5.06. The number of rotatable bonds is 6. The Labute approximate surface area is 106 Å². The van der Waals surface area contributed by atoms with Crippen LogP contribution in [0.1, 0.15) is 22.3 Å². The second-order valence-electron chi connectivity index (χ2n) is 3.96. The van der Waals surface area contributed by atoms with E-state index in [1.807, 2.05) is 19.2 Å². The second-order valence-corrected chi connectivity index (χ2v) is 4.48. The molecule has 3 N–H and O–H groups in total. The number of benzene rings is 1. The van der Waals surface area contributed by atoms with Crippen LogP contribution in [0.3, 0.4) is 0 Å². The second kappa shape index (κ2) is 6.32. The van der Waals surface area contributed by atoms with Gasteiger partial charge in [-0.2, -0.15) is 0 Å². The lowest BCUT2D eigenvalue weighted by Crippen LogP contribution is -2.23. The highest BCUT2D eigenvalue weighted by atomic mass is 32.1. The molecule has 4 nitrogen and oxygen atoms in total. The number of carboxylic acid groups (broad SMARTS) is 1. The summed E-state index contributed by atoms with van der Waals surface area (Å²) in [4.78, 5) is 13.3. The van der Waals surface area contributed by atoms with Crippen molar-refractivity contribution in [2.24, 2.45) is 5.73 Å². The summed E-state index contributed by atoms with van der Waals surface area (Å²) in [5.74, 6) is -0.904. The minimum absolute atomic E-state index is 0.305. The van der Waals surface area contributed by atoms with Crippen molar-refractivity contribution in [1.82, 2.24) is 4.90 Å². The van der Waals surface area contributed by atoms with E-state index in [4.69, 9.17) is 23.1 Å². The minimum Gasteiger partial charge on any atom is -0.478 e. The highest BCUT2D eigenvalue weighted by Gasteiger charge is 2.04. The molecule has 0 unspecified atom stereocenters. The van der Waals surface area contributed by atoms with Crippen LogP contribution in [0.2, 0.25) is 0 Å². The van der Waals surface area contributed by atoms with E-state index in [0.717, 1.165) is 18.7 Å². The predicted molar refractivity (Wildman–Crippen MR) is 71.1 cm³/mol. The highest BCUT2D eigenvalue weighted by Crippen LogP contribution is 2.07. The molecule has 1 rings (SSSR count). The van der Waals surface area contributed by atoms with E-state index < -0.39 is 5.97 Å². The van der Waals surface area contributed by atoms with Crippen LogP contribution in [-0.2, 0) is 6.54 Å². The SMILES string of the molecule is CN(CCC(N)=S)Cc1ccc(C(=O)O)cc1. The van der Waals surface area contributed by atoms with Gasteiger partial charge in [0.25, 0.3) is 0 Å². The van der Waals surface area contributed by atoms with Crippen molar-refractivity contribution in [3.05, 3.63) is 35.4 Å². The predicted octanol–water partition coefficient (Wildman–Crippen LogP) is 1.49. The Bertz CT molecular complexity index is 403. The molecule has 0 bridgehead atoms. The summed E-state index contributed by atoms with van der Waals surface area (Å²) in [5, 5.41) is 8.76. The molecule has 0 saturated heterocycles. The number of thiocarbonyl (C=S) groups is 1. The maximum atomic E-state index is 10.7. The first-order valence-electron chi connectivity index (χ1n) is 5.28. The number of carboxylic acids is 1. The fourth-order valence-corrected chi connectivity index (χ4v) is 1.54. The molecule has 17 heavy (non-hydrogen) atoms. The van der Waals surface area contributed by atoms with Crippen molar-refractivity contribution in [2.75, 3.05) is 13.6 Å². The Morgan fingerprint density at radius 3 is 2.47 bits per heavy atom. The summed E-state index contributed by atoms with van der Waals surface area (Å²) in [6.07, 6.45) is 0.693. The molecule has 0 spiro atoms. The molecular weight excluding hydrogens is 236 g/mol. The summed E-state index contributed by atoms with van der Waals surface area (Å²) < 4.78 is 0. The number of hydrogen-bond acceptors (Lipinski definition) is 3. The van der Waals surface area contributed by atoms with Gasteiger partial charge in [0, 0.05) is 19.5 Å². The molecule has 0 saturated carbocycles. The van der Waals surface area contributed by atoms with Crippen LogP contribution >= 0.6 is 12.2 Å². The van der Waals surface area contributed by atoms with Gasteiger partial charge in [-0.05, 0) is 24.7 Å². The zero-order valence-electron chi connectivity index (χ0n) is 9.72. The zero-order chi connectivity index (χ0) is 12.8. The van der Waals surface area contributed by atoms with Crippen molar-refractivity contribution < 1.29 is 9.90 Å². The summed E-state index contributed by atoms with van der Waals surface area (Å²) in [5.41, 5.74) is 6.80. The smallest absolute Gasteiger partial charge is 0.335 e. The summed E-state index contributed by atoms with van der Waals surface area (Å²) in [7, 11) is 1.98. The van der Waals surface area contributed by atoms with Gasteiger partial charge in [0.2, 0.25) is 0 Å². The summed E-state index contributed by atoms with van der Waals surface area (Å²) in [6.45, 7) is 1.55. The molecule has 0 heterocycles. The molecule has 92 valence electrons. The number of nitrogens with two attached hydrogens (primary N) is 1. The molecule has 0 aliphatic rings. The van der Waals surface area contributed by atoms with E-state index in [-0.39, 0.29) is 0 Å². The van der Waals surface area contributed by atoms with Gasteiger partial charge in [-0.15, -0.1) is 0 Å². The minimum atomic E-state index is -0.904. The van der Waals surface area contributed by atoms with Crippen molar-refractivity contribution in [2.45, 2.75) is 13.0 Å². The molecule has 0 atom stereocenters. The zero-order valence-corrected chi connectivity index (χ0v) is 10.5. The Morgan fingerprint density at radius 1 is 1.41 bits per heavy atom. The number of nitrogens with zero attached hydrogens (tertiary/aromatic N) is 1. The van der Waals surface area contributed by atoms with E-state index in [9.17, 15) is 4.79 Å². The third kappa shape index (κ3) is 4.93. The molecule has 1 aromatic rings. The third-order valence-electron chi connectivity index (χ3n) is 2.39. The van der Waals surface area contributed by atoms with Crippen LogP contribution in [0.25, 0.3) is 0 Å². The number of hydrogen-bond donors (Lipinski definition) is 2. The molecule has 0 aliphatic carbocycles. The fraction of sp³-hybridized carbons (Fsp3) is 0.333. The van der Waals surface area contributed by atoms with Gasteiger partial charge in [0.1, 0.15) is 0 Å². The maximum Gasteiger partial charge on any atom is 0.335 e. The van der Waals surface area contributed by atoms with Crippen molar-refractivity contribution in [3.8, 4) is 0 Å². The van der Waals surface area contributed by atoms with Gasteiger partial charge in [-0.1, -0.05) is 24.4 Å². The third-order valence-corrected chi connectivity index (χ3v) is 2.60. The van der Waals surface area contributed by atoms with Crippen LogP contribution in [0, 0.1) is 0 Å². The average molecular weight is 252 g/mol. The van der Waals surface area contributed by atoms with E-state index >= 15 is 0 Å². The standard InChI is InChI=1S/C12H16N2O2S/c1-14(7-6-11(13)17)8-9-2-4-10(5-3-9)12(15)16/h2-5H,6-8H2,1H3,(H2,13,17)(H,15,16). The quantitative estimate of drug-likeness (QED) is 0.751. The lowest BCUT2D eigenvalue weighted by Gasteiger charge is -2.16. The molecule has 1 aromatic carbocycles. The first-order valence-corrected chi connectivity index (χ1v) is 5.69. The fourth-order valence-electron chi connectivity index (χ4n) is 1.44. The molecule has 5 heteroatoms. The highest BCUT2D eigenvalue weighted by molar-refractivity contribution is 7.80. The van der Waals surface area contributed by atoms with Gasteiger partial charge >= 0.3 is 5.97 Å². The van der Waals surface area contributed by atoms with Gasteiger partial charge in [0.05, 0.1) is 10.6 Å². The molecule has 0 aliphatic heterocycles. The molecule has 0 amide bonds. The van der Waals surface area contributed by atoms with Crippen molar-refractivity contribution >= 4 is 23.2 Å². The normalized spacial score (nSPS) is 10.5. The van der Waals surface area contributed by atoms with Crippen LogP contribution in [-0.4, -0.2) is 34.6 Å². The van der Waals surface area contributed by atoms with E-state index in [1.54, 1.807) is 12.1 Å². The first kappa shape index (κ1) is 13.6. The lowest BCUT2D eigenvalue weighted by atomic mass is 10.1. The average Bonchev–Trinajstić information content (AvgIpc) is 2.27. The first-order chi connectivity index (χ1) is 7.99. The summed E-state index contributed by atoms with van der Waals surface area (Å²) in [6, 6.07) is 6.86. The van der Waals surface area contributed by atoms with Gasteiger partial charge in [-0.3, -0.25) is 0 Å². The molecule has 0 radical (unpaired) electrons. The van der Waals surface area contributed by atoms with Crippen LogP contribution in [0.5, 0.6) is 0 Å². The Hall–Kier alpha value is -1.46. The Balaban J connectivity index is 2.51. The lowest BCUT2D eigenvalue weighted by molar-refractivity contribution is 0.0697. The monoisotopic (exact) mass is 252 g/mol. The van der Waals surface area contributed by atoms with Gasteiger partial charge < -0.3 is 15.7 Å². The van der Waals surface area contributed by atoms with Crippen LogP contribution in [0.15, 0.2) is 24.3 Å². The molecular formula is C12H16N2O2S. The molecule has 0 fully saturated rings. The van der Waals surface area contributed by atoms with Crippen molar-refractivity contribution in [1.29, 1.82) is 0 Å². The topological polar surface area (TPSA) is 66.6 Å². The van der Waals surface area contributed by atoms with E-state index in [0.29, 0.717) is 17.0 Å². The summed E-state index contributed by atoms with van der Waals surface area (Å²) >= 11 is 4.81. The number of carbonyl (C=O) groups is 1. The number of aromatic carboxylic acids is 1. The maximum absolute atomic E-state index is 10.7. The largest absolute Gasteiger partial charge is 0.478 e. The Morgan fingerprint density at radius 2 is 2.00 bits per heavy atom. The van der Waals surface area contributed by atoms with Crippen molar-refractivity contribution in [3.63, 3.8) is 0 Å². The molecule has 0 aromatic heterocycles. The van der Waals surface area contributed by atoms with Gasteiger partial charge in [0.15, 0.2) is 0 Å². The van der Waals surface area contributed by atoms with E-state index in [1.165, 1.54) is 0 Å². The van der Waals surface area contributed by atoms with E-state index in [2.05, 4.69) is 4.90 Å². The van der Waals surface area contributed by atoms with Gasteiger partial charge in [-0.25, -0.2) is 4.79 Å². The van der Waals surface area contributed by atoms with Crippen LogP contribution in [0.4, 0.5) is 0 Å². The van der Waals surface area contributed by atoms with Crippen LogP contribution < -0.4 is 5.73 Å².